The Kier molecular flexibility index (Phi) is 6.67. The molecule has 3 aliphatic rings. The van der Waals surface area contributed by atoms with E-state index in [4.69, 9.17) is 23.2 Å². The van der Waals surface area contributed by atoms with Gasteiger partial charge in [0.25, 0.3) is 0 Å². The van der Waals surface area contributed by atoms with Crippen molar-refractivity contribution in [2.45, 2.75) is 43.9 Å². The second-order valence-electron chi connectivity index (χ2n) is 11.2. The summed E-state index contributed by atoms with van der Waals surface area (Å²) in [7, 11) is 0. The Balaban J connectivity index is 1.59. The summed E-state index contributed by atoms with van der Waals surface area (Å²) in [5.41, 5.74) is 11.5. The van der Waals surface area contributed by atoms with Gasteiger partial charge in [0.15, 0.2) is 0 Å². The van der Waals surface area contributed by atoms with Gasteiger partial charge in [0, 0.05) is 21.2 Å². The van der Waals surface area contributed by atoms with Crippen molar-refractivity contribution in [3.8, 4) is 11.8 Å². The summed E-state index contributed by atoms with van der Waals surface area (Å²) >= 11 is 12.6. The zero-order valence-electron chi connectivity index (χ0n) is 22.4. The standard InChI is InChI=1S/C38H30Cl2/c39-31-21-16-26(17-22-31)18-25-34-33-14-4-5-15-35(33)38(30-12-7-13-30,29-10-2-1-3-11-29)37(34)36(27-8-6-9-27)28-19-23-32(40)24-20-28/h1-5,10-11,14-17,19-24,30H,6-9,12-13H2. The molecule has 2 heteroatoms. The molecule has 0 N–H and O–H groups in total. The Hall–Kier alpha value is -3.50. The predicted molar refractivity (Wildman–Crippen MR) is 168 cm³/mol. The number of hydrogen-bond acceptors (Lipinski definition) is 0. The molecule has 196 valence electrons. The van der Waals surface area contributed by atoms with Crippen molar-refractivity contribution in [2.75, 3.05) is 0 Å². The van der Waals surface area contributed by atoms with E-state index in [1.54, 1.807) is 0 Å². The van der Waals surface area contributed by atoms with Gasteiger partial charge in [0.05, 0.1) is 5.41 Å². The molecule has 4 aromatic rings. The van der Waals surface area contributed by atoms with E-state index >= 15 is 0 Å². The summed E-state index contributed by atoms with van der Waals surface area (Å²) in [5.74, 6) is 7.79. The van der Waals surface area contributed by atoms with Gasteiger partial charge < -0.3 is 0 Å². The van der Waals surface area contributed by atoms with Gasteiger partial charge in [-0.25, -0.2) is 0 Å². The van der Waals surface area contributed by atoms with E-state index in [2.05, 4.69) is 78.6 Å². The van der Waals surface area contributed by atoms with Crippen LogP contribution in [0.15, 0.2) is 114 Å². The highest BCUT2D eigenvalue weighted by molar-refractivity contribution is 6.30. The zero-order valence-corrected chi connectivity index (χ0v) is 23.9. The van der Waals surface area contributed by atoms with Gasteiger partial charge in [-0.3, -0.25) is 0 Å². The van der Waals surface area contributed by atoms with Crippen molar-refractivity contribution in [3.63, 3.8) is 0 Å². The fourth-order valence-corrected chi connectivity index (χ4v) is 7.13. The third kappa shape index (κ3) is 4.16. The quantitative estimate of drug-likeness (QED) is 0.219. The van der Waals surface area contributed by atoms with Crippen molar-refractivity contribution in [1.29, 1.82) is 0 Å². The van der Waals surface area contributed by atoms with Crippen LogP contribution in [0.4, 0.5) is 0 Å². The lowest BCUT2D eigenvalue weighted by Crippen LogP contribution is -2.41. The van der Waals surface area contributed by atoms with Crippen LogP contribution < -0.4 is 0 Å². The van der Waals surface area contributed by atoms with Crippen LogP contribution in [0.2, 0.25) is 10.0 Å². The summed E-state index contributed by atoms with van der Waals surface area (Å²) in [6, 6.07) is 36.6. The van der Waals surface area contributed by atoms with Crippen LogP contribution in [-0.2, 0) is 5.41 Å². The third-order valence-electron chi connectivity index (χ3n) is 9.08. The Morgan fingerprint density at radius 3 is 1.95 bits per heavy atom. The average Bonchev–Trinajstić information content (AvgIpc) is 3.21. The minimum Gasteiger partial charge on any atom is -0.0843 e. The first-order valence-corrected chi connectivity index (χ1v) is 15.1. The SMILES string of the molecule is Clc1ccc(C#CC2=C(C(=C3CCC3)c3ccc(Cl)cc3)C(c3ccccc3)(C3CCC3)c3ccccc32)cc1. The van der Waals surface area contributed by atoms with E-state index in [-0.39, 0.29) is 5.41 Å². The van der Waals surface area contributed by atoms with Gasteiger partial charge in [-0.15, -0.1) is 0 Å². The minimum atomic E-state index is -0.252. The monoisotopic (exact) mass is 556 g/mol. The lowest BCUT2D eigenvalue weighted by Gasteiger charge is -2.47. The van der Waals surface area contributed by atoms with Crippen molar-refractivity contribution in [1.82, 2.24) is 0 Å². The molecule has 2 fully saturated rings. The number of halogens is 2. The first-order valence-electron chi connectivity index (χ1n) is 14.3. The second kappa shape index (κ2) is 10.5. The van der Waals surface area contributed by atoms with E-state index in [0.717, 1.165) is 34.0 Å². The summed E-state index contributed by atoms with van der Waals surface area (Å²) in [6.07, 6.45) is 7.20. The first kappa shape index (κ1) is 25.5. The first-order chi connectivity index (χ1) is 19.7. The molecule has 0 spiro atoms. The molecule has 3 aliphatic carbocycles. The van der Waals surface area contributed by atoms with Gasteiger partial charge in [0.1, 0.15) is 0 Å². The van der Waals surface area contributed by atoms with Crippen LogP contribution in [0, 0.1) is 17.8 Å². The molecule has 7 rings (SSSR count). The molecule has 0 aromatic heterocycles. The topological polar surface area (TPSA) is 0 Å². The summed E-state index contributed by atoms with van der Waals surface area (Å²) < 4.78 is 0. The van der Waals surface area contributed by atoms with E-state index in [0.29, 0.717) is 5.92 Å². The highest BCUT2D eigenvalue weighted by Gasteiger charge is 2.54. The van der Waals surface area contributed by atoms with Crippen molar-refractivity contribution in [3.05, 3.63) is 152 Å². The molecule has 2 saturated carbocycles. The molecule has 1 unspecified atom stereocenters. The number of benzene rings is 4. The highest BCUT2D eigenvalue weighted by atomic mass is 35.5. The Labute approximate surface area is 247 Å². The van der Waals surface area contributed by atoms with Crippen LogP contribution in [-0.4, -0.2) is 0 Å². The summed E-state index contributed by atoms with van der Waals surface area (Å²) in [6.45, 7) is 0. The molecule has 0 radical (unpaired) electrons. The minimum absolute atomic E-state index is 0.252. The van der Waals surface area contributed by atoms with Crippen LogP contribution in [0.25, 0.3) is 11.1 Å². The van der Waals surface area contributed by atoms with Crippen molar-refractivity contribution < 1.29 is 0 Å². The van der Waals surface area contributed by atoms with E-state index in [1.807, 2.05) is 36.4 Å². The number of allylic oxidation sites excluding steroid dienone is 4. The maximum atomic E-state index is 6.41. The normalized spacial score (nSPS) is 19.8. The molecule has 1 atom stereocenters. The van der Waals surface area contributed by atoms with Gasteiger partial charge in [0.2, 0.25) is 0 Å². The van der Waals surface area contributed by atoms with Gasteiger partial charge in [-0.1, -0.05) is 114 Å². The average molecular weight is 558 g/mol. The number of rotatable bonds is 4. The smallest absolute Gasteiger partial charge is 0.0504 e. The second-order valence-corrected chi connectivity index (χ2v) is 12.1. The molecule has 4 aromatic carbocycles. The maximum Gasteiger partial charge on any atom is 0.0504 e. The lowest BCUT2D eigenvalue weighted by atomic mass is 9.55. The van der Waals surface area contributed by atoms with Gasteiger partial charge in [-0.2, -0.15) is 0 Å². The van der Waals surface area contributed by atoms with Crippen LogP contribution in [0.3, 0.4) is 0 Å². The van der Waals surface area contributed by atoms with Crippen LogP contribution >= 0.6 is 23.2 Å². The fraction of sp³-hybridized carbons (Fsp3) is 0.211. The van der Waals surface area contributed by atoms with Crippen LogP contribution in [0.1, 0.15) is 66.3 Å². The number of hydrogen-bond donors (Lipinski definition) is 0. The third-order valence-corrected chi connectivity index (χ3v) is 9.59. The zero-order chi connectivity index (χ0) is 27.1. The summed E-state index contributed by atoms with van der Waals surface area (Å²) in [5, 5.41) is 1.49. The summed E-state index contributed by atoms with van der Waals surface area (Å²) in [4.78, 5) is 0. The Morgan fingerprint density at radius 2 is 1.32 bits per heavy atom. The van der Waals surface area contributed by atoms with E-state index < -0.39 is 0 Å². The highest BCUT2D eigenvalue weighted by Crippen LogP contribution is 2.63. The molecule has 0 bridgehead atoms. The molecular weight excluding hydrogens is 527 g/mol. The molecule has 0 nitrogen and oxygen atoms in total. The van der Waals surface area contributed by atoms with Crippen molar-refractivity contribution in [2.24, 2.45) is 5.92 Å². The molecule has 0 heterocycles. The largest absolute Gasteiger partial charge is 0.0843 e. The van der Waals surface area contributed by atoms with E-state index in [1.165, 1.54) is 64.7 Å². The van der Waals surface area contributed by atoms with E-state index in [9.17, 15) is 0 Å². The fourth-order valence-electron chi connectivity index (χ4n) is 6.88. The predicted octanol–water partition coefficient (Wildman–Crippen LogP) is 10.5. The maximum absolute atomic E-state index is 6.41. The lowest BCUT2D eigenvalue weighted by molar-refractivity contribution is 0.230. The Morgan fingerprint density at radius 1 is 0.675 bits per heavy atom. The molecule has 0 saturated heterocycles. The molecular formula is C38H30Cl2. The molecule has 0 aliphatic heterocycles. The molecule has 40 heavy (non-hydrogen) atoms. The Bertz CT molecular complexity index is 1690. The van der Waals surface area contributed by atoms with Crippen LogP contribution in [0.5, 0.6) is 0 Å². The molecule has 0 amide bonds. The number of fused-ring (bicyclic) bond motifs is 1. The van der Waals surface area contributed by atoms with Crippen molar-refractivity contribution >= 4 is 34.3 Å². The van der Waals surface area contributed by atoms with Gasteiger partial charge >= 0.3 is 0 Å². The van der Waals surface area contributed by atoms with Gasteiger partial charge in [-0.05, 0) is 108 Å².